The van der Waals surface area contributed by atoms with Crippen LogP contribution in [0.4, 0.5) is 0 Å². The first-order chi connectivity index (χ1) is 17.0. The second-order valence-electron chi connectivity index (χ2n) is 10.2. The summed E-state index contributed by atoms with van der Waals surface area (Å²) in [5.74, 6) is 1.84. The van der Waals surface area contributed by atoms with Crippen molar-refractivity contribution in [3.05, 3.63) is 27.7 Å². The summed E-state index contributed by atoms with van der Waals surface area (Å²) < 4.78 is 12.1. The van der Waals surface area contributed by atoms with E-state index in [-0.39, 0.29) is 0 Å². The molecule has 35 heavy (non-hydrogen) atoms. The third-order valence-electron chi connectivity index (χ3n) is 7.95. The second kappa shape index (κ2) is 9.09. The van der Waals surface area contributed by atoms with Gasteiger partial charge in [0.25, 0.3) is 0 Å². The summed E-state index contributed by atoms with van der Waals surface area (Å²) in [6.07, 6.45) is 8.42. The molecule has 3 aromatic heterocycles. The summed E-state index contributed by atoms with van der Waals surface area (Å²) in [7, 11) is 2.14. The standard InChI is InChI=1S/C26H31N5O3S/c1-16-27-20(15-35-16)19-13-22(33-14-17-7-6-12-31(17)2)29-25(28-19)23-18-8-5-11-26(24(18)30-34-23)10-4-3-9-21(26)32/h13,15,17H,3-12,14H2,1-2H3/t17-,26+/m0/s1. The Morgan fingerprint density at radius 1 is 1.14 bits per heavy atom. The van der Waals surface area contributed by atoms with Crippen molar-refractivity contribution >= 4 is 17.1 Å². The summed E-state index contributed by atoms with van der Waals surface area (Å²) in [5, 5.41) is 7.46. The quantitative estimate of drug-likeness (QED) is 0.502. The molecule has 2 aliphatic carbocycles. The minimum Gasteiger partial charge on any atom is -0.476 e. The number of hydrogen-bond acceptors (Lipinski definition) is 9. The van der Waals surface area contributed by atoms with E-state index in [1.54, 1.807) is 11.3 Å². The summed E-state index contributed by atoms with van der Waals surface area (Å²) in [6, 6.07) is 2.25. The lowest BCUT2D eigenvalue weighted by atomic mass is 9.64. The highest BCUT2D eigenvalue weighted by Crippen LogP contribution is 2.47. The van der Waals surface area contributed by atoms with E-state index in [0.29, 0.717) is 48.0 Å². The van der Waals surface area contributed by atoms with Gasteiger partial charge in [0.1, 0.15) is 23.8 Å². The first kappa shape index (κ1) is 22.8. The number of Topliss-reactive ketones (excluding diaryl/α,β-unsaturated/α-hetero) is 1. The lowest BCUT2D eigenvalue weighted by Crippen LogP contribution is -2.41. The maximum Gasteiger partial charge on any atom is 0.217 e. The van der Waals surface area contributed by atoms with Crippen LogP contribution in [-0.4, -0.2) is 57.0 Å². The number of carbonyl (C=O) groups is 1. The molecule has 1 saturated heterocycles. The lowest BCUT2D eigenvalue weighted by molar-refractivity contribution is -0.127. The molecule has 0 N–H and O–H groups in total. The van der Waals surface area contributed by atoms with Gasteiger partial charge in [-0.1, -0.05) is 11.6 Å². The van der Waals surface area contributed by atoms with Crippen molar-refractivity contribution in [1.82, 2.24) is 25.0 Å². The van der Waals surface area contributed by atoms with Crippen molar-refractivity contribution in [2.45, 2.75) is 76.2 Å². The van der Waals surface area contributed by atoms with Crippen LogP contribution < -0.4 is 4.74 Å². The number of hydrogen-bond donors (Lipinski definition) is 0. The number of ether oxygens (including phenoxy) is 1. The average molecular weight is 494 g/mol. The number of fused-ring (bicyclic) bond motifs is 2. The molecule has 4 heterocycles. The fourth-order valence-electron chi connectivity index (χ4n) is 5.97. The van der Waals surface area contributed by atoms with Crippen LogP contribution in [0, 0.1) is 6.92 Å². The van der Waals surface area contributed by atoms with Gasteiger partial charge >= 0.3 is 0 Å². The molecule has 1 saturated carbocycles. The molecule has 184 valence electrons. The predicted octanol–water partition coefficient (Wildman–Crippen LogP) is 4.75. The highest BCUT2D eigenvalue weighted by Gasteiger charge is 2.48. The number of likely N-dealkylation sites (tertiary alicyclic amines) is 1. The van der Waals surface area contributed by atoms with Gasteiger partial charge in [0.15, 0.2) is 0 Å². The fourth-order valence-corrected chi connectivity index (χ4v) is 6.58. The van der Waals surface area contributed by atoms with Gasteiger partial charge < -0.3 is 14.2 Å². The van der Waals surface area contributed by atoms with Crippen molar-refractivity contribution in [2.75, 3.05) is 20.2 Å². The first-order valence-corrected chi connectivity index (χ1v) is 13.6. The minimum absolute atomic E-state index is 0.307. The van der Waals surface area contributed by atoms with Gasteiger partial charge in [-0.15, -0.1) is 11.3 Å². The van der Waals surface area contributed by atoms with Crippen molar-refractivity contribution < 1.29 is 14.1 Å². The van der Waals surface area contributed by atoms with Crippen molar-refractivity contribution in [1.29, 1.82) is 0 Å². The third kappa shape index (κ3) is 4.08. The average Bonchev–Trinajstić information content (AvgIpc) is 3.60. The van der Waals surface area contributed by atoms with E-state index in [9.17, 15) is 4.79 Å². The Kier molecular flexibility index (Phi) is 5.92. The molecule has 8 nitrogen and oxygen atoms in total. The zero-order chi connectivity index (χ0) is 24.0. The van der Waals surface area contributed by atoms with E-state index >= 15 is 0 Å². The molecule has 3 aliphatic rings. The van der Waals surface area contributed by atoms with Crippen LogP contribution in [0.5, 0.6) is 5.88 Å². The van der Waals surface area contributed by atoms with E-state index in [4.69, 9.17) is 19.2 Å². The van der Waals surface area contributed by atoms with Gasteiger partial charge in [0.2, 0.25) is 17.5 Å². The Morgan fingerprint density at radius 3 is 2.80 bits per heavy atom. The molecule has 3 aromatic rings. The van der Waals surface area contributed by atoms with Crippen molar-refractivity contribution in [3.8, 4) is 28.9 Å². The maximum atomic E-state index is 13.1. The summed E-state index contributed by atoms with van der Waals surface area (Å²) in [5.41, 5.74) is 2.81. The molecular formula is C26H31N5O3S. The van der Waals surface area contributed by atoms with Gasteiger partial charge in [0.05, 0.1) is 16.1 Å². The number of likely N-dealkylation sites (N-methyl/N-ethyl adjacent to an activating group) is 1. The van der Waals surface area contributed by atoms with Gasteiger partial charge in [-0.25, -0.2) is 9.97 Å². The molecular weight excluding hydrogens is 462 g/mol. The number of thiazole rings is 1. The zero-order valence-corrected chi connectivity index (χ0v) is 21.2. The first-order valence-electron chi connectivity index (χ1n) is 12.7. The van der Waals surface area contributed by atoms with Crippen molar-refractivity contribution in [3.63, 3.8) is 0 Å². The van der Waals surface area contributed by atoms with Gasteiger partial charge in [-0.2, -0.15) is 4.98 Å². The Balaban J connectivity index is 1.39. The van der Waals surface area contributed by atoms with E-state index in [0.717, 1.165) is 73.4 Å². The molecule has 0 unspecified atom stereocenters. The van der Waals surface area contributed by atoms with E-state index in [2.05, 4.69) is 22.1 Å². The normalized spacial score (nSPS) is 24.7. The monoisotopic (exact) mass is 493 g/mol. The largest absolute Gasteiger partial charge is 0.476 e. The summed E-state index contributed by atoms with van der Waals surface area (Å²) in [6.45, 7) is 3.66. The van der Waals surface area contributed by atoms with E-state index in [1.807, 2.05) is 18.4 Å². The van der Waals surface area contributed by atoms with Gasteiger partial charge in [-0.05, 0) is 65.5 Å². The van der Waals surface area contributed by atoms with E-state index < -0.39 is 5.41 Å². The molecule has 9 heteroatoms. The number of aromatic nitrogens is 4. The molecule has 2 atom stereocenters. The minimum atomic E-state index is -0.496. The number of ketones is 1. The molecule has 0 bridgehead atoms. The molecule has 6 rings (SSSR count). The van der Waals surface area contributed by atoms with Gasteiger partial charge in [-0.3, -0.25) is 4.79 Å². The SMILES string of the molecule is Cc1nc(-c2cc(OC[C@@H]3CCCN3C)nc(-c3onc4c3CCC[C@@]43CCCCC3=O)n2)cs1. The maximum absolute atomic E-state index is 13.1. The Bertz CT molecular complexity index is 1250. The zero-order valence-electron chi connectivity index (χ0n) is 20.4. The molecule has 0 amide bonds. The van der Waals surface area contributed by atoms with Crippen LogP contribution in [0.3, 0.4) is 0 Å². The van der Waals surface area contributed by atoms with E-state index in [1.165, 1.54) is 6.42 Å². The van der Waals surface area contributed by atoms with Crippen LogP contribution >= 0.6 is 11.3 Å². The number of carbonyl (C=O) groups excluding carboxylic acids is 1. The highest BCUT2D eigenvalue weighted by atomic mass is 32.1. The van der Waals surface area contributed by atoms with Crippen LogP contribution in [-0.2, 0) is 16.6 Å². The predicted molar refractivity (Wildman–Crippen MR) is 133 cm³/mol. The molecule has 2 fully saturated rings. The number of nitrogens with zero attached hydrogens (tertiary/aromatic N) is 5. The molecule has 1 spiro atoms. The molecule has 0 radical (unpaired) electrons. The van der Waals surface area contributed by atoms with Crippen LogP contribution in [0.15, 0.2) is 16.0 Å². The Labute approximate surface area is 209 Å². The fraction of sp³-hybridized carbons (Fsp3) is 0.577. The topological polar surface area (TPSA) is 94.2 Å². The number of aryl methyl sites for hydroxylation is 1. The summed E-state index contributed by atoms with van der Waals surface area (Å²) >= 11 is 1.59. The Morgan fingerprint density at radius 2 is 2.03 bits per heavy atom. The van der Waals surface area contributed by atoms with Crippen LogP contribution in [0.2, 0.25) is 0 Å². The lowest BCUT2D eigenvalue weighted by Gasteiger charge is -2.37. The highest BCUT2D eigenvalue weighted by molar-refractivity contribution is 7.09. The number of rotatable bonds is 5. The van der Waals surface area contributed by atoms with Crippen molar-refractivity contribution in [2.24, 2.45) is 0 Å². The van der Waals surface area contributed by atoms with Crippen LogP contribution in [0.1, 0.15) is 67.6 Å². The second-order valence-corrected chi connectivity index (χ2v) is 11.2. The Hall–Kier alpha value is -2.65. The van der Waals surface area contributed by atoms with Crippen LogP contribution in [0.25, 0.3) is 23.0 Å². The third-order valence-corrected chi connectivity index (χ3v) is 8.72. The molecule has 0 aromatic carbocycles. The molecule has 1 aliphatic heterocycles. The smallest absolute Gasteiger partial charge is 0.217 e. The summed E-state index contributed by atoms with van der Waals surface area (Å²) in [4.78, 5) is 29.6. The van der Waals surface area contributed by atoms with Gasteiger partial charge in [0, 0.05) is 29.5 Å².